The highest BCUT2D eigenvalue weighted by atomic mass is 35.5. The summed E-state index contributed by atoms with van der Waals surface area (Å²) in [6.45, 7) is 2.76. The lowest BCUT2D eigenvalue weighted by Crippen LogP contribution is -2.51. The first kappa shape index (κ1) is 20.2. The smallest absolute Gasteiger partial charge is 0.407 e. The van der Waals surface area contributed by atoms with Crippen LogP contribution in [0, 0.1) is 0 Å². The molecule has 1 N–H and O–H groups in total. The van der Waals surface area contributed by atoms with E-state index in [0.29, 0.717) is 37.2 Å². The molecule has 0 radical (unpaired) electrons. The molecule has 2 amide bonds. The van der Waals surface area contributed by atoms with Gasteiger partial charge in [-0.1, -0.05) is 29.3 Å². The zero-order valence-corrected chi connectivity index (χ0v) is 16.5. The standard InChI is InChI=1S/C16H18Cl2N6O4/c1-2-22(10-6-8-21(9-7-10)16(27)28)14(25)24-15(26)23(19-20-24)13-11(17)4-3-5-12(13)18/h3-5,10H,2,6-9H2,1H3,(H,27,28). The van der Waals surface area contributed by atoms with Gasteiger partial charge in [-0.25, -0.2) is 14.4 Å². The molecule has 0 saturated carbocycles. The van der Waals surface area contributed by atoms with Gasteiger partial charge in [0.1, 0.15) is 5.69 Å². The van der Waals surface area contributed by atoms with Crippen molar-refractivity contribution < 1.29 is 14.7 Å². The second-order valence-corrected chi connectivity index (χ2v) is 7.04. The molecule has 2 aromatic rings. The summed E-state index contributed by atoms with van der Waals surface area (Å²) < 4.78 is 1.54. The summed E-state index contributed by atoms with van der Waals surface area (Å²) in [6.07, 6.45) is -0.0282. The lowest BCUT2D eigenvalue weighted by atomic mass is 10.0. The van der Waals surface area contributed by atoms with Crippen molar-refractivity contribution in [2.45, 2.75) is 25.8 Å². The number of rotatable bonds is 3. The second-order valence-electron chi connectivity index (χ2n) is 6.22. The van der Waals surface area contributed by atoms with Crippen LogP contribution < -0.4 is 5.69 Å². The van der Waals surface area contributed by atoms with E-state index in [1.165, 1.54) is 9.80 Å². The Kier molecular flexibility index (Phi) is 5.90. The number of carbonyl (C=O) groups excluding carboxylic acids is 1. The maximum Gasteiger partial charge on any atom is 0.407 e. The lowest BCUT2D eigenvalue weighted by Gasteiger charge is -2.36. The van der Waals surface area contributed by atoms with E-state index in [2.05, 4.69) is 10.4 Å². The number of tetrazole rings is 1. The third kappa shape index (κ3) is 3.69. The molecule has 1 aliphatic heterocycles. The number of piperidine rings is 1. The quantitative estimate of drug-likeness (QED) is 0.749. The molecule has 0 unspecified atom stereocenters. The summed E-state index contributed by atoms with van der Waals surface area (Å²) in [6, 6.07) is 3.89. The van der Waals surface area contributed by atoms with Crippen molar-refractivity contribution in [3.63, 3.8) is 0 Å². The normalized spacial score (nSPS) is 14.9. The number of aromatic nitrogens is 4. The van der Waals surface area contributed by atoms with E-state index in [9.17, 15) is 14.4 Å². The van der Waals surface area contributed by atoms with Gasteiger partial charge in [0.15, 0.2) is 0 Å². The van der Waals surface area contributed by atoms with Crippen LogP contribution in [0.4, 0.5) is 9.59 Å². The van der Waals surface area contributed by atoms with Crippen LogP contribution in [0.2, 0.25) is 10.0 Å². The fourth-order valence-electron chi connectivity index (χ4n) is 3.24. The SMILES string of the molecule is CCN(C(=O)n1nnn(-c2c(Cl)cccc2Cl)c1=O)C1CCN(C(=O)O)CC1. The molecular weight excluding hydrogens is 411 g/mol. The van der Waals surface area contributed by atoms with Crippen molar-refractivity contribution in [1.29, 1.82) is 0 Å². The summed E-state index contributed by atoms with van der Waals surface area (Å²) in [5.41, 5.74) is -0.644. The van der Waals surface area contributed by atoms with Gasteiger partial charge in [-0.05, 0) is 42.3 Å². The average molecular weight is 429 g/mol. The highest BCUT2D eigenvalue weighted by Crippen LogP contribution is 2.26. The molecule has 0 atom stereocenters. The molecule has 1 saturated heterocycles. The van der Waals surface area contributed by atoms with Crippen LogP contribution in [0.5, 0.6) is 0 Å². The van der Waals surface area contributed by atoms with Crippen LogP contribution in [-0.4, -0.2) is 72.5 Å². The van der Waals surface area contributed by atoms with E-state index in [4.69, 9.17) is 28.3 Å². The number of amides is 2. The van der Waals surface area contributed by atoms with E-state index in [1.807, 2.05) is 0 Å². The molecule has 150 valence electrons. The topological polar surface area (TPSA) is 114 Å². The monoisotopic (exact) mass is 428 g/mol. The first-order valence-electron chi connectivity index (χ1n) is 8.63. The van der Waals surface area contributed by atoms with Crippen molar-refractivity contribution in [3.8, 4) is 5.69 Å². The Labute approximate surface area is 169 Å². The van der Waals surface area contributed by atoms with Crippen molar-refractivity contribution in [2.75, 3.05) is 19.6 Å². The third-order valence-corrected chi connectivity index (χ3v) is 5.28. The maximum absolute atomic E-state index is 12.9. The summed E-state index contributed by atoms with van der Waals surface area (Å²) in [7, 11) is 0. The summed E-state index contributed by atoms with van der Waals surface area (Å²) in [4.78, 5) is 39.5. The minimum absolute atomic E-state index is 0.146. The minimum Gasteiger partial charge on any atom is -0.465 e. The molecule has 1 aliphatic rings. The zero-order valence-electron chi connectivity index (χ0n) is 15.0. The molecule has 0 aliphatic carbocycles. The van der Waals surface area contributed by atoms with E-state index < -0.39 is 17.8 Å². The van der Waals surface area contributed by atoms with E-state index in [-0.39, 0.29) is 21.8 Å². The Balaban J connectivity index is 1.86. The number of hydrogen-bond acceptors (Lipinski definition) is 5. The number of halogens is 2. The minimum atomic E-state index is -0.983. The number of para-hydroxylation sites is 1. The molecule has 1 fully saturated rings. The number of likely N-dealkylation sites (tertiary alicyclic amines) is 1. The van der Waals surface area contributed by atoms with Gasteiger partial charge in [-0.3, -0.25) is 0 Å². The van der Waals surface area contributed by atoms with Crippen LogP contribution in [-0.2, 0) is 0 Å². The highest BCUT2D eigenvalue weighted by molar-refractivity contribution is 6.37. The largest absolute Gasteiger partial charge is 0.465 e. The molecule has 28 heavy (non-hydrogen) atoms. The number of nitrogens with zero attached hydrogens (tertiary/aromatic N) is 6. The van der Waals surface area contributed by atoms with Gasteiger partial charge < -0.3 is 14.9 Å². The Bertz CT molecular complexity index is 931. The molecule has 3 rings (SSSR count). The maximum atomic E-state index is 12.9. The van der Waals surface area contributed by atoms with Gasteiger partial charge >= 0.3 is 17.8 Å². The zero-order chi connectivity index (χ0) is 20.4. The van der Waals surface area contributed by atoms with Gasteiger partial charge in [0.2, 0.25) is 0 Å². The molecule has 12 heteroatoms. The van der Waals surface area contributed by atoms with Gasteiger partial charge in [0.05, 0.1) is 10.0 Å². The van der Waals surface area contributed by atoms with E-state index in [1.54, 1.807) is 25.1 Å². The van der Waals surface area contributed by atoms with Crippen molar-refractivity contribution in [1.82, 2.24) is 29.6 Å². The lowest BCUT2D eigenvalue weighted by molar-refractivity contribution is 0.105. The predicted octanol–water partition coefficient (Wildman–Crippen LogP) is 2.17. The van der Waals surface area contributed by atoms with Gasteiger partial charge in [-0.2, -0.15) is 4.68 Å². The van der Waals surface area contributed by atoms with Gasteiger partial charge in [0, 0.05) is 25.7 Å². The fourth-order valence-corrected chi connectivity index (χ4v) is 3.80. The summed E-state index contributed by atoms with van der Waals surface area (Å²) in [5.74, 6) is 0. The molecule has 1 aromatic carbocycles. The van der Waals surface area contributed by atoms with Gasteiger partial charge in [-0.15, -0.1) is 4.68 Å². The van der Waals surface area contributed by atoms with Crippen LogP contribution in [0.15, 0.2) is 23.0 Å². The molecular formula is C16H18Cl2N6O4. The Morgan fingerprint density at radius 3 is 2.36 bits per heavy atom. The van der Waals surface area contributed by atoms with Crippen LogP contribution in [0.1, 0.15) is 19.8 Å². The third-order valence-electron chi connectivity index (χ3n) is 4.67. The first-order valence-corrected chi connectivity index (χ1v) is 9.39. The molecule has 1 aromatic heterocycles. The van der Waals surface area contributed by atoms with E-state index >= 15 is 0 Å². The number of hydrogen-bond donors (Lipinski definition) is 1. The number of benzene rings is 1. The summed E-state index contributed by atoms with van der Waals surface area (Å²) >= 11 is 12.2. The second kappa shape index (κ2) is 8.19. The van der Waals surface area contributed by atoms with Crippen molar-refractivity contribution >= 4 is 35.3 Å². The molecule has 10 nitrogen and oxygen atoms in total. The van der Waals surface area contributed by atoms with Crippen molar-refractivity contribution in [3.05, 3.63) is 38.7 Å². The van der Waals surface area contributed by atoms with E-state index in [0.717, 1.165) is 4.68 Å². The molecule has 0 spiro atoms. The predicted molar refractivity (Wildman–Crippen MR) is 101 cm³/mol. The number of carbonyl (C=O) groups is 2. The van der Waals surface area contributed by atoms with Crippen molar-refractivity contribution in [2.24, 2.45) is 0 Å². The summed E-state index contributed by atoms with van der Waals surface area (Å²) in [5, 5.41) is 16.9. The Hall–Kier alpha value is -2.59. The Morgan fingerprint density at radius 1 is 1.21 bits per heavy atom. The fraction of sp³-hybridized carbons (Fsp3) is 0.438. The number of carboxylic acid groups (broad SMARTS) is 1. The van der Waals surface area contributed by atoms with Gasteiger partial charge in [0.25, 0.3) is 0 Å². The van der Waals surface area contributed by atoms with Crippen LogP contribution >= 0.6 is 23.2 Å². The Morgan fingerprint density at radius 2 is 1.82 bits per heavy atom. The average Bonchev–Trinajstić information content (AvgIpc) is 3.04. The molecule has 2 heterocycles. The highest BCUT2D eigenvalue weighted by Gasteiger charge is 2.31. The van der Waals surface area contributed by atoms with Crippen LogP contribution in [0.25, 0.3) is 5.69 Å². The van der Waals surface area contributed by atoms with Crippen LogP contribution in [0.3, 0.4) is 0 Å². The first-order chi connectivity index (χ1) is 13.3. The molecule has 0 bridgehead atoms.